The summed E-state index contributed by atoms with van der Waals surface area (Å²) >= 11 is 0. The summed E-state index contributed by atoms with van der Waals surface area (Å²) in [5.41, 5.74) is 1.87. The predicted molar refractivity (Wildman–Crippen MR) is 78.7 cm³/mol. The number of halogens is 1. The summed E-state index contributed by atoms with van der Waals surface area (Å²) in [6.45, 7) is 3.51. The van der Waals surface area contributed by atoms with E-state index in [2.05, 4.69) is 17.2 Å². The van der Waals surface area contributed by atoms with Crippen molar-refractivity contribution >= 4 is 0 Å². The average molecular weight is 292 g/mol. The maximum Gasteiger partial charge on any atom is 0.225 e. The molecule has 0 bridgehead atoms. The van der Waals surface area contributed by atoms with Crippen molar-refractivity contribution in [2.75, 3.05) is 6.61 Å². The Balaban J connectivity index is 1.73. The molecule has 2 rings (SSSR count). The molecule has 0 fully saturated rings. The fraction of sp³-hybridized carbons (Fsp3) is 0.438. The zero-order valence-electron chi connectivity index (χ0n) is 12.3. The third kappa shape index (κ3) is 5.19. The summed E-state index contributed by atoms with van der Waals surface area (Å²) in [6.07, 6.45) is 3.68. The number of rotatable bonds is 9. The molecule has 1 aromatic carbocycles. The van der Waals surface area contributed by atoms with Gasteiger partial charge < -0.3 is 14.5 Å². The molecule has 21 heavy (non-hydrogen) atoms. The Morgan fingerprint density at radius 3 is 2.71 bits per heavy atom. The van der Waals surface area contributed by atoms with Gasteiger partial charge in [0, 0.05) is 13.1 Å². The number of nitrogens with one attached hydrogen (secondary N) is 1. The lowest BCUT2D eigenvalue weighted by molar-refractivity contribution is 0.309. The molecule has 1 N–H and O–H groups in total. The van der Waals surface area contributed by atoms with Crippen LogP contribution in [0.4, 0.5) is 4.39 Å². The Bertz CT molecular complexity index is 525. The third-order valence-electron chi connectivity index (χ3n) is 3.04. The first kappa shape index (κ1) is 15.5. The summed E-state index contributed by atoms with van der Waals surface area (Å²) in [5.74, 6) is 1.02. The van der Waals surface area contributed by atoms with Crippen molar-refractivity contribution in [3.8, 4) is 5.75 Å². The van der Waals surface area contributed by atoms with E-state index >= 15 is 0 Å². The van der Waals surface area contributed by atoms with Crippen molar-refractivity contribution in [1.29, 1.82) is 0 Å². The third-order valence-corrected chi connectivity index (χ3v) is 3.04. The van der Waals surface area contributed by atoms with Gasteiger partial charge in [0.1, 0.15) is 12.0 Å². The van der Waals surface area contributed by atoms with Crippen LogP contribution in [0.15, 0.2) is 34.9 Å². The van der Waals surface area contributed by atoms with Gasteiger partial charge in [0.2, 0.25) is 5.89 Å². The van der Waals surface area contributed by atoms with Crippen LogP contribution in [0.2, 0.25) is 0 Å². The fourth-order valence-electron chi connectivity index (χ4n) is 1.86. The van der Waals surface area contributed by atoms with Crippen molar-refractivity contribution in [3.05, 3.63) is 47.7 Å². The van der Waals surface area contributed by atoms with Gasteiger partial charge in [-0.1, -0.05) is 25.5 Å². The molecule has 0 atom stereocenters. The standard InChI is InChI=1S/C16H21FN2O2/c1-2-3-8-20-15-6-4-13(5-7-15)10-18-11-14-12-21-16(9-17)19-14/h4-7,12,18H,2-3,8-11H2,1H3. The van der Waals surface area contributed by atoms with Crippen molar-refractivity contribution in [2.24, 2.45) is 0 Å². The van der Waals surface area contributed by atoms with E-state index in [0.717, 1.165) is 30.8 Å². The highest BCUT2D eigenvalue weighted by Crippen LogP contribution is 2.13. The Hall–Kier alpha value is -1.88. The second kappa shape index (κ2) is 8.42. The monoisotopic (exact) mass is 292 g/mol. The minimum atomic E-state index is -0.667. The van der Waals surface area contributed by atoms with Gasteiger partial charge >= 0.3 is 0 Å². The lowest BCUT2D eigenvalue weighted by atomic mass is 10.2. The maximum absolute atomic E-state index is 12.3. The number of alkyl halides is 1. The smallest absolute Gasteiger partial charge is 0.225 e. The number of unbranched alkanes of at least 4 members (excludes halogenated alkanes) is 1. The van der Waals surface area contributed by atoms with Crippen LogP contribution in [0.1, 0.15) is 36.9 Å². The normalized spacial score (nSPS) is 10.8. The zero-order chi connectivity index (χ0) is 14.9. The molecule has 0 radical (unpaired) electrons. The molecule has 0 aliphatic rings. The molecule has 0 aliphatic carbocycles. The van der Waals surface area contributed by atoms with E-state index in [4.69, 9.17) is 9.15 Å². The van der Waals surface area contributed by atoms with Crippen LogP contribution in [-0.4, -0.2) is 11.6 Å². The largest absolute Gasteiger partial charge is 0.494 e. The zero-order valence-corrected chi connectivity index (χ0v) is 12.3. The van der Waals surface area contributed by atoms with Crippen LogP contribution in [0, 0.1) is 0 Å². The van der Waals surface area contributed by atoms with Crippen LogP contribution < -0.4 is 10.1 Å². The molecule has 4 nitrogen and oxygen atoms in total. The number of nitrogens with zero attached hydrogens (tertiary/aromatic N) is 1. The Morgan fingerprint density at radius 2 is 2.05 bits per heavy atom. The first-order valence-corrected chi connectivity index (χ1v) is 7.23. The number of oxazole rings is 1. The molecule has 0 amide bonds. The molecule has 0 unspecified atom stereocenters. The summed E-state index contributed by atoms with van der Waals surface area (Å²) < 4.78 is 22.8. The molecule has 2 aromatic rings. The lowest BCUT2D eigenvalue weighted by Crippen LogP contribution is -2.12. The number of hydrogen-bond donors (Lipinski definition) is 1. The molecular formula is C16H21FN2O2. The molecular weight excluding hydrogens is 271 g/mol. The van der Waals surface area contributed by atoms with Crippen LogP contribution in [0.25, 0.3) is 0 Å². The van der Waals surface area contributed by atoms with E-state index in [0.29, 0.717) is 18.8 Å². The average Bonchev–Trinajstić information content (AvgIpc) is 2.97. The van der Waals surface area contributed by atoms with E-state index in [1.807, 2.05) is 24.3 Å². The van der Waals surface area contributed by atoms with Gasteiger partial charge in [0.15, 0.2) is 6.67 Å². The SMILES string of the molecule is CCCCOc1ccc(CNCc2coc(CF)n2)cc1. The molecule has 0 saturated carbocycles. The molecule has 0 aliphatic heterocycles. The summed E-state index contributed by atoms with van der Waals surface area (Å²) in [7, 11) is 0. The van der Waals surface area contributed by atoms with Crippen molar-refractivity contribution in [3.63, 3.8) is 0 Å². The fourth-order valence-corrected chi connectivity index (χ4v) is 1.86. The minimum Gasteiger partial charge on any atom is -0.494 e. The first-order chi connectivity index (χ1) is 10.3. The van der Waals surface area contributed by atoms with Crippen LogP contribution in [-0.2, 0) is 19.8 Å². The summed E-state index contributed by atoms with van der Waals surface area (Å²) in [4.78, 5) is 3.99. The van der Waals surface area contributed by atoms with Crippen LogP contribution in [0.3, 0.4) is 0 Å². The maximum atomic E-state index is 12.3. The van der Waals surface area contributed by atoms with Crippen molar-refractivity contribution in [2.45, 2.75) is 39.5 Å². The number of benzene rings is 1. The summed E-state index contributed by atoms with van der Waals surface area (Å²) in [5, 5.41) is 3.24. The lowest BCUT2D eigenvalue weighted by Gasteiger charge is -2.07. The Kier molecular flexibility index (Phi) is 6.22. The van der Waals surface area contributed by atoms with Gasteiger partial charge in [-0.3, -0.25) is 0 Å². The number of aromatic nitrogens is 1. The molecule has 5 heteroatoms. The Labute approximate surface area is 124 Å². The van der Waals surface area contributed by atoms with E-state index in [9.17, 15) is 4.39 Å². The van der Waals surface area contributed by atoms with Crippen molar-refractivity contribution < 1.29 is 13.5 Å². The van der Waals surface area contributed by atoms with E-state index in [-0.39, 0.29) is 5.89 Å². The predicted octanol–water partition coefficient (Wildman–Crippen LogP) is 3.61. The molecule has 0 spiro atoms. The van der Waals surface area contributed by atoms with Crippen LogP contribution in [0.5, 0.6) is 5.75 Å². The van der Waals surface area contributed by atoms with Gasteiger partial charge in [-0.05, 0) is 24.1 Å². The highest BCUT2D eigenvalue weighted by atomic mass is 19.1. The number of hydrogen-bond acceptors (Lipinski definition) is 4. The first-order valence-electron chi connectivity index (χ1n) is 7.23. The van der Waals surface area contributed by atoms with E-state index < -0.39 is 6.67 Å². The quantitative estimate of drug-likeness (QED) is 0.717. The second-order valence-electron chi connectivity index (χ2n) is 4.82. The van der Waals surface area contributed by atoms with E-state index in [1.54, 1.807) is 0 Å². The molecule has 0 saturated heterocycles. The molecule has 1 heterocycles. The van der Waals surface area contributed by atoms with Crippen LogP contribution >= 0.6 is 0 Å². The summed E-state index contributed by atoms with van der Waals surface area (Å²) in [6, 6.07) is 8.02. The minimum absolute atomic E-state index is 0.125. The molecule has 114 valence electrons. The number of ether oxygens (including phenoxy) is 1. The van der Waals surface area contributed by atoms with Gasteiger partial charge in [-0.15, -0.1) is 0 Å². The van der Waals surface area contributed by atoms with Gasteiger partial charge in [-0.2, -0.15) is 0 Å². The second-order valence-corrected chi connectivity index (χ2v) is 4.82. The van der Waals surface area contributed by atoms with E-state index in [1.165, 1.54) is 6.26 Å². The van der Waals surface area contributed by atoms with Gasteiger partial charge in [0.05, 0.1) is 12.3 Å². The highest BCUT2D eigenvalue weighted by Gasteiger charge is 2.02. The molecule has 1 aromatic heterocycles. The topological polar surface area (TPSA) is 47.3 Å². The van der Waals surface area contributed by atoms with Gasteiger partial charge in [0.25, 0.3) is 0 Å². The highest BCUT2D eigenvalue weighted by molar-refractivity contribution is 5.27. The van der Waals surface area contributed by atoms with Crippen molar-refractivity contribution in [1.82, 2.24) is 10.3 Å². The Morgan fingerprint density at radius 1 is 1.24 bits per heavy atom. The van der Waals surface area contributed by atoms with Gasteiger partial charge in [-0.25, -0.2) is 9.37 Å².